The number of esters is 1. The second kappa shape index (κ2) is 6.16. The van der Waals surface area contributed by atoms with E-state index in [1.165, 1.54) is 28.8 Å². The van der Waals surface area contributed by atoms with Crippen LogP contribution in [0.1, 0.15) is 34.7 Å². The van der Waals surface area contributed by atoms with Crippen molar-refractivity contribution in [2.45, 2.75) is 19.5 Å². The van der Waals surface area contributed by atoms with Crippen molar-refractivity contribution in [2.24, 2.45) is 0 Å². The topological polar surface area (TPSA) is 86.3 Å². The highest BCUT2D eigenvalue weighted by molar-refractivity contribution is 6.31. The maximum absolute atomic E-state index is 13.6. The van der Waals surface area contributed by atoms with Crippen LogP contribution in [0, 0.1) is 5.82 Å². The predicted octanol–water partition coefficient (Wildman–Crippen LogP) is 2.26. The molecule has 1 aromatic carbocycles. The van der Waals surface area contributed by atoms with Crippen molar-refractivity contribution in [1.29, 1.82) is 0 Å². The lowest BCUT2D eigenvalue weighted by Crippen LogP contribution is -2.40. The van der Waals surface area contributed by atoms with E-state index in [0.717, 1.165) is 0 Å². The van der Waals surface area contributed by atoms with Crippen LogP contribution < -0.4 is 11.1 Å². The van der Waals surface area contributed by atoms with Crippen molar-refractivity contribution in [3.63, 3.8) is 0 Å². The normalized spacial score (nSPS) is 16.5. The van der Waals surface area contributed by atoms with Gasteiger partial charge < -0.3 is 20.4 Å². The van der Waals surface area contributed by atoms with Gasteiger partial charge in [-0.3, -0.25) is 4.79 Å². The number of nitrogens with one attached hydrogen (secondary N) is 1. The molecule has 0 spiro atoms. The molecule has 1 aromatic heterocycles. The van der Waals surface area contributed by atoms with Crippen LogP contribution in [0.2, 0.25) is 5.02 Å². The number of halogens is 2. The molecule has 1 amide bonds. The fraction of sp³-hybridized carbons (Fsp3) is 0.250. The summed E-state index contributed by atoms with van der Waals surface area (Å²) >= 11 is 6.16. The maximum Gasteiger partial charge on any atom is 0.355 e. The quantitative estimate of drug-likeness (QED) is 0.830. The molecule has 3 rings (SSSR count). The zero-order chi connectivity index (χ0) is 17.4. The Labute approximate surface area is 142 Å². The van der Waals surface area contributed by atoms with Gasteiger partial charge in [-0.25, -0.2) is 9.18 Å². The van der Waals surface area contributed by atoms with Gasteiger partial charge in [0.15, 0.2) is 0 Å². The van der Waals surface area contributed by atoms with E-state index in [1.807, 2.05) is 0 Å². The smallest absolute Gasteiger partial charge is 0.355 e. The highest BCUT2D eigenvalue weighted by atomic mass is 35.5. The number of benzene rings is 1. The first-order valence-electron chi connectivity index (χ1n) is 7.32. The molecule has 1 aliphatic rings. The van der Waals surface area contributed by atoms with Crippen molar-refractivity contribution >= 4 is 29.2 Å². The Morgan fingerprint density at radius 1 is 1.50 bits per heavy atom. The third-order valence-electron chi connectivity index (χ3n) is 3.80. The molecular weight excluding hydrogens is 337 g/mol. The molecular formula is C16H15ClFN3O3. The minimum Gasteiger partial charge on any atom is -0.461 e. The SMILES string of the molecule is CCOC(=O)c1cc(N)c2n1CC(=O)NC2c1cc(F)ccc1Cl. The third-order valence-corrected chi connectivity index (χ3v) is 4.15. The molecule has 1 atom stereocenters. The van der Waals surface area contributed by atoms with Crippen LogP contribution in [-0.2, 0) is 16.1 Å². The number of carbonyl (C=O) groups excluding carboxylic acids is 2. The van der Waals surface area contributed by atoms with Gasteiger partial charge in [-0.2, -0.15) is 0 Å². The average Bonchev–Trinajstić information content (AvgIpc) is 2.86. The molecule has 0 radical (unpaired) electrons. The lowest BCUT2D eigenvalue weighted by atomic mass is 10.0. The van der Waals surface area contributed by atoms with Crippen LogP contribution in [0.3, 0.4) is 0 Å². The van der Waals surface area contributed by atoms with Gasteiger partial charge in [0, 0.05) is 10.6 Å². The lowest BCUT2D eigenvalue weighted by Gasteiger charge is -2.28. The second-order valence-corrected chi connectivity index (χ2v) is 5.75. The van der Waals surface area contributed by atoms with Crippen molar-refractivity contribution in [1.82, 2.24) is 9.88 Å². The molecule has 0 saturated heterocycles. The highest BCUT2D eigenvalue weighted by Crippen LogP contribution is 2.36. The summed E-state index contributed by atoms with van der Waals surface area (Å²) in [5, 5.41) is 3.02. The summed E-state index contributed by atoms with van der Waals surface area (Å²) < 4.78 is 20.1. The number of anilines is 1. The zero-order valence-corrected chi connectivity index (χ0v) is 13.6. The number of nitrogens with zero attached hydrogens (tertiary/aromatic N) is 1. The molecule has 0 aliphatic carbocycles. The summed E-state index contributed by atoms with van der Waals surface area (Å²) in [7, 11) is 0. The summed E-state index contributed by atoms with van der Waals surface area (Å²) in [4.78, 5) is 24.2. The monoisotopic (exact) mass is 351 g/mol. The molecule has 8 heteroatoms. The molecule has 1 aliphatic heterocycles. The predicted molar refractivity (Wildman–Crippen MR) is 86.2 cm³/mol. The van der Waals surface area contributed by atoms with Gasteiger partial charge in [0.05, 0.1) is 24.0 Å². The minimum atomic E-state index is -0.752. The van der Waals surface area contributed by atoms with Crippen molar-refractivity contribution < 1.29 is 18.7 Å². The molecule has 1 unspecified atom stereocenters. The Morgan fingerprint density at radius 3 is 2.96 bits per heavy atom. The number of hydrogen-bond donors (Lipinski definition) is 2. The standard InChI is InChI=1S/C16H15ClFN3O3/c1-2-24-16(23)12-6-11(19)15-14(20-13(22)7-21(12)15)9-5-8(18)3-4-10(9)17/h3-6,14H,2,7,19H2,1H3,(H,20,22). The van der Waals surface area contributed by atoms with Crippen molar-refractivity contribution in [3.05, 3.63) is 52.1 Å². The van der Waals surface area contributed by atoms with Crippen LogP contribution in [-0.4, -0.2) is 23.1 Å². The molecule has 126 valence electrons. The number of amides is 1. The van der Waals surface area contributed by atoms with Crippen LogP contribution in [0.4, 0.5) is 10.1 Å². The first-order chi connectivity index (χ1) is 11.4. The number of nitrogen functional groups attached to an aromatic ring is 1. The number of fused-ring (bicyclic) bond motifs is 1. The first kappa shape index (κ1) is 16.3. The molecule has 0 saturated carbocycles. The van der Waals surface area contributed by atoms with E-state index >= 15 is 0 Å². The maximum atomic E-state index is 13.6. The second-order valence-electron chi connectivity index (χ2n) is 5.34. The van der Waals surface area contributed by atoms with Crippen LogP contribution in [0.25, 0.3) is 0 Å². The summed E-state index contributed by atoms with van der Waals surface area (Å²) in [5.41, 5.74) is 7.36. The van der Waals surface area contributed by atoms with Gasteiger partial charge in [0.2, 0.25) is 5.91 Å². The molecule has 2 aromatic rings. The summed E-state index contributed by atoms with van der Waals surface area (Å²) in [6.07, 6.45) is 0. The van der Waals surface area contributed by atoms with Crippen molar-refractivity contribution in [2.75, 3.05) is 12.3 Å². The zero-order valence-electron chi connectivity index (χ0n) is 12.8. The summed E-state index contributed by atoms with van der Waals surface area (Å²) in [6, 6.07) is 4.57. The van der Waals surface area contributed by atoms with Crippen LogP contribution in [0.15, 0.2) is 24.3 Å². The van der Waals surface area contributed by atoms with E-state index in [4.69, 9.17) is 22.1 Å². The van der Waals surface area contributed by atoms with Gasteiger partial charge in [-0.05, 0) is 31.2 Å². The first-order valence-corrected chi connectivity index (χ1v) is 7.70. The van der Waals surface area contributed by atoms with Gasteiger partial charge >= 0.3 is 5.97 Å². The minimum absolute atomic E-state index is 0.0793. The van der Waals surface area contributed by atoms with Gasteiger partial charge in [-0.1, -0.05) is 11.6 Å². The lowest BCUT2D eigenvalue weighted by molar-refractivity contribution is -0.123. The van der Waals surface area contributed by atoms with E-state index < -0.39 is 17.8 Å². The third kappa shape index (κ3) is 2.71. The molecule has 0 bridgehead atoms. The fourth-order valence-electron chi connectivity index (χ4n) is 2.83. The molecule has 24 heavy (non-hydrogen) atoms. The number of rotatable bonds is 3. The van der Waals surface area contributed by atoms with E-state index in [1.54, 1.807) is 6.92 Å². The van der Waals surface area contributed by atoms with E-state index in [9.17, 15) is 14.0 Å². The number of ether oxygens (including phenoxy) is 1. The van der Waals surface area contributed by atoms with E-state index in [0.29, 0.717) is 16.9 Å². The average molecular weight is 352 g/mol. The van der Waals surface area contributed by atoms with Crippen LogP contribution in [0.5, 0.6) is 0 Å². The fourth-order valence-corrected chi connectivity index (χ4v) is 3.06. The molecule has 3 N–H and O–H groups in total. The Kier molecular flexibility index (Phi) is 4.19. The van der Waals surface area contributed by atoms with Gasteiger partial charge in [0.25, 0.3) is 0 Å². The Balaban J connectivity index is 2.15. The molecule has 0 fully saturated rings. The van der Waals surface area contributed by atoms with Gasteiger partial charge in [-0.15, -0.1) is 0 Å². The van der Waals surface area contributed by atoms with E-state index in [2.05, 4.69) is 5.32 Å². The van der Waals surface area contributed by atoms with Gasteiger partial charge in [0.1, 0.15) is 18.1 Å². The Bertz CT molecular complexity index is 834. The number of aromatic nitrogens is 1. The van der Waals surface area contributed by atoms with E-state index in [-0.39, 0.29) is 29.8 Å². The number of carbonyl (C=O) groups is 2. The van der Waals surface area contributed by atoms with Crippen LogP contribution >= 0.6 is 11.6 Å². The molecule has 6 nitrogen and oxygen atoms in total. The Morgan fingerprint density at radius 2 is 2.25 bits per heavy atom. The highest BCUT2D eigenvalue weighted by Gasteiger charge is 2.33. The summed E-state index contributed by atoms with van der Waals surface area (Å²) in [5.74, 6) is -1.40. The number of nitrogens with two attached hydrogens (primary N) is 1. The van der Waals surface area contributed by atoms with Crippen molar-refractivity contribution in [3.8, 4) is 0 Å². The molecule has 2 heterocycles. The number of hydrogen-bond acceptors (Lipinski definition) is 4. The summed E-state index contributed by atoms with van der Waals surface area (Å²) in [6.45, 7) is 1.80. The Hall–Kier alpha value is -2.54. The largest absolute Gasteiger partial charge is 0.461 e.